The maximum absolute atomic E-state index is 13.3. The minimum Gasteiger partial charge on any atom is -0.434 e. The summed E-state index contributed by atoms with van der Waals surface area (Å²) in [6, 6.07) is 5.88. The molecule has 0 bridgehead atoms. The zero-order valence-electron chi connectivity index (χ0n) is 22.1. The number of alkyl halides is 2. The van der Waals surface area contributed by atoms with Crippen molar-refractivity contribution in [2.75, 3.05) is 38.2 Å². The Morgan fingerprint density at radius 3 is 2.86 bits per heavy atom. The summed E-state index contributed by atoms with van der Waals surface area (Å²) in [6.45, 7) is 1.77. The van der Waals surface area contributed by atoms with E-state index in [0.29, 0.717) is 31.1 Å². The molecule has 0 saturated carbocycles. The van der Waals surface area contributed by atoms with Crippen LogP contribution in [0.3, 0.4) is 0 Å². The number of halogens is 3. The van der Waals surface area contributed by atoms with E-state index in [0.717, 1.165) is 19.6 Å². The third-order valence-corrected chi connectivity index (χ3v) is 6.84. The number of amides is 1. The van der Waals surface area contributed by atoms with Crippen molar-refractivity contribution in [1.29, 1.82) is 0 Å². The zero-order chi connectivity index (χ0) is 29.1. The van der Waals surface area contributed by atoms with E-state index in [1.807, 2.05) is 6.20 Å². The Bertz CT molecular complexity index is 1700. The number of benzene rings is 1. The number of morpholine rings is 1. The van der Waals surface area contributed by atoms with Crippen LogP contribution in [0.25, 0.3) is 16.9 Å². The molecule has 5 heterocycles. The molecule has 218 valence electrons. The van der Waals surface area contributed by atoms with Gasteiger partial charge >= 0.3 is 6.61 Å². The number of anilines is 1. The Balaban J connectivity index is 1.28. The number of aromatic nitrogens is 8. The molecule has 1 N–H and O–H groups in total. The highest BCUT2D eigenvalue weighted by molar-refractivity contribution is 6.31. The fourth-order valence-electron chi connectivity index (χ4n) is 4.61. The second-order valence-electron chi connectivity index (χ2n) is 9.44. The molecule has 1 aliphatic heterocycles. The highest BCUT2D eigenvalue weighted by Crippen LogP contribution is 2.37. The number of carbonyl (C=O) groups excluding carboxylic acids is 1. The highest BCUT2D eigenvalue weighted by atomic mass is 35.5. The van der Waals surface area contributed by atoms with Crippen LogP contribution < -0.4 is 10.1 Å². The third-order valence-electron chi connectivity index (χ3n) is 6.61. The standard InChI is InChI=1S/C26H25ClF2N10O3/c27-17-2-3-22(42-26(28)29)19(12-17)23-21(32-25(40)20-13-31-39-5-1-4-30-24(20)39)16-38(34-23)15-18-14-37(35-33-18)7-6-36-8-10-41-11-9-36/h1-5,12-14,16,26H,6-11,15H2,(H,32,40). The average Bonchev–Trinajstić information content (AvgIpc) is 3.72. The van der Waals surface area contributed by atoms with Gasteiger partial charge in [0, 0.05) is 48.8 Å². The number of rotatable bonds is 10. The van der Waals surface area contributed by atoms with Gasteiger partial charge in [-0.2, -0.15) is 19.0 Å². The predicted molar refractivity (Wildman–Crippen MR) is 147 cm³/mol. The molecule has 1 aliphatic rings. The molecule has 1 fully saturated rings. The summed E-state index contributed by atoms with van der Waals surface area (Å²) in [5.41, 5.74) is 1.76. The number of hydrogen-bond acceptors (Lipinski definition) is 9. The maximum atomic E-state index is 13.3. The number of nitrogens with one attached hydrogen (secondary N) is 1. The van der Waals surface area contributed by atoms with Crippen molar-refractivity contribution >= 4 is 28.8 Å². The van der Waals surface area contributed by atoms with Gasteiger partial charge in [-0.15, -0.1) is 5.10 Å². The van der Waals surface area contributed by atoms with E-state index in [4.69, 9.17) is 21.1 Å². The summed E-state index contributed by atoms with van der Waals surface area (Å²) in [5, 5.41) is 20.3. The van der Waals surface area contributed by atoms with Crippen LogP contribution in [0, 0.1) is 0 Å². The summed E-state index contributed by atoms with van der Waals surface area (Å²) >= 11 is 6.22. The molecule has 42 heavy (non-hydrogen) atoms. The van der Waals surface area contributed by atoms with E-state index in [1.54, 1.807) is 29.3 Å². The minimum absolute atomic E-state index is 0.151. The lowest BCUT2D eigenvalue weighted by atomic mass is 10.1. The molecule has 16 heteroatoms. The van der Waals surface area contributed by atoms with Crippen LogP contribution in [-0.2, 0) is 17.8 Å². The van der Waals surface area contributed by atoms with Crippen molar-refractivity contribution in [3.05, 3.63) is 71.5 Å². The molecule has 0 aliphatic carbocycles. The Morgan fingerprint density at radius 1 is 1.17 bits per heavy atom. The molecule has 1 aromatic carbocycles. The van der Waals surface area contributed by atoms with Crippen LogP contribution in [-0.4, -0.2) is 89.6 Å². The number of fused-ring (bicyclic) bond motifs is 1. The van der Waals surface area contributed by atoms with Gasteiger partial charge < -0.3 is 14.8 Å². The fraction of sp³-hybridized carbons (Fsp3) is 0.308. The molecule has 13 nitrogen and oxygen atoms in total. The number of hydrogen-bond donors (Lipinski definition) is 1. The second kappa shape index (κ2) is 12.2. The smallest absolute Gasteiger partial charge is 0.387 e. The topological polar surface area (TPSA) is 130 Å². The molecular weight excluding hydrogens is 574 g/mol. The highest BCUT2D eigenvalue weighted by Gasteiger charge is 2.22. The second-order valence-corrected chi connectivity index (χ2v) is 9.87. The van der Waals surface area contributed by atoms with Crippen LogP contribution in [0.2, 0.25) is 5.02 Å². The molecule has 5 aromatic rings. The summed E-state index contributed by atoms with van der Waals surface area (Å²) in [4.78, 5) is 19.8. The first-order chi connectivity index (χ1) is 20.4. The van der Waals surface area contributed by atoms with Crippen molar-refractivity contribution in [3.63, 3.8) is 0 Å². The molecule has 1 amide bonds. The molecule has 4 aromatic heterocycles. The van der Waals surface area contributed by atoms with Gasteiger partial charge in [0.05, 0.1) is 44.4 Å². The van der Waals surface area contributed by atoms with Gasteiger partial charge in [-0.05, 0) is 24.3 Å². The summed E-state index contributed by atoms with van der Waals surface area (Å²) in [7, 11) is 0. The largest absolute Gasteiger partial charge is 0.434 e. The van der Waals surface area contributed by atoms with Gasteiger partial charge in [0.2, 0.25) is 0 Å². The van der Waals surface area contributed by atoms with Crippen LogP contribution in [0.4, 0.5) is 14.5 Å². The normalized spacial score (nSPS) is 14.1. The lowest BCUT2D eigenvalue weighted by Gasteiger charge is -2.26. The summed E-state index contributed by atoms with van der Waals surface area (Å²) in [6.07, 6.45) is 7.99. The first-order valence-electron chi connectivity index (χ1n) is 13.0. The molecule has 0 spiro atoms. The maximum Gasteiger partial charge on any atom is 0.387 e. The van der Waals surface area contributed by atoms with Gasteiger partial charge in [0.15, 0.2) is 5.65 Å². The van der Waals surface area contributed by atoms with Crippen molar-refractivity contribution in [2.45, 2.75) is 19.7 Å². The van der Waals surface area contributed by atoms with Crippen molar-refractivity contribution in [3.8, 4) is 17.0 Å². The van der Waals surface area contributed by atoms with E-state index in [2.05, 4.69) is 35.7 Å². The first kappa shape index (κ1) is 27.7. The SMILES string of the molecule is O=C(Nc1cn(Cc2cn(CCN3CCOCC3)nn2)nc1-c1cc(Cl)ccc1OC(F)F)c1cnn2cccnc12. The van der Waals surface area contributed by atoms with E-state index in [1.165, 1.54) is 33.6 Å². The lowest BCUT2D eigenvalue weighted by molar-refractivity contribution is -0.0494. The molecule has 1 saturated heterocycles. The first-order valence-corrected chi connectivity index (χ1v) is 13.4. The van der Waals surface area contributed by atoms with Gasteiger partial charge in [-0.25, -0.2) is 9.50 Å². The molecule has 0 atom stereocenters. The molecule has 6 rings (SSSR count). The van der Waals surface area contributed by atoms with Crippen molar-refractivity contribution in [2.24, 2.45) is 0 Å². The number of nitrogens with zero attached hydrogens (tertiary/aromatic N) is 9. The zero-order valence-corrected chi connectivity index (χ0v) is 22.9. The van der Waals surface area contributed by atoms with Crippen molar-refractivity contribution in [1.82, 2.24) is 44.3 Å². The quantitative estimate of drug-likeness (QED) is 0.258. The number of ether oxygens (including phenoxy) is 2. The molecule has 0 radical (unpaired) electrons. The van der Waals surface area contributed by atoms with Crippen molar-refractivity contribution < 1.29 is 23.0 Å². The third kappa shape index (κ3) is 6.22. The number of carbonyl (C=O) groups is 1. The van der Waals surface area contributed by atoms with E-state index in [9.17, 15) is 13.6 Å². The Kier molecular flexibility index (Phi) is 8.03. The molecular formula is C26H25ClF2N10O3. The van der Waals surface area contributed by atoms with Crippen LogP contribution in [0.5, 0.6) is 5.75 Å². The predicted octanol–water partition coefficient (Wildman–Crippen LogP) is 3.07. The average molecular weight is 599 g/mol. The minimum atomic E-state index is -3.08. The Morgan fingerprint density at radius 2 is 2.02 bits per heavy atom. The van der Waals surface area contributed by atoms with E-state index >= 15 is 0 Å². The Hall–Kier alpha value is -4.47. The Labute approximate surface area is 242 Å². The monoisotopic (exact) mass is 598 g/mol. The summed E-state index contributed by atoms with van der Waals surface area (Å²) in [5.74, 6) is -0.668. The van der Waals surface area contributed by atoms with Crippen LogP contribution in [0.1, 0.15) is 16.1 Å². The molecule has 0 unspecified atom stereocenters. The van der Waals surface area contributed by atoms with E-state index in [-0.39, 0.29) is 39.8 Å². The van der Waals surface area contributed by atoms with Crippen LogP contribution >= 0.6 is 11.6 Å². The van der Waals surface area contributed by atoms with Gasteiger partial charge in [0.1, 0.15) is 22.7 Å². The van der Waals surface area contributed by atoms with Gasteiger partial charge in [-0.3, -0.25) is 19.1 Å². The van der Waals surface area contributed by atoms with E-state index < -0.39 is 12.5 Å². The van der Waals surface area contributed by atoms with Gasteiger partial charge in [-0.1, -0.05) is 16.8 Å². The van der Waals surface area contributed by atoms with Crippen LogP contribution in [0.15, 0.2) is 55.2 Å². The fourth-order valence-corrected chi connectivity index (χ4v) is 4.78. The lowest BCUT2D eigenvalue weighted by Crippen LogP contribution is -2.38. The van der Waals surface area contributed by atoms with Gasteiger partial charge in [0.25, 0.3) is 5.91 Å². The summed E-state index contributed by atoms with van der Waals surface area (Å²) < 4.78 is 41.4.